The van der Waals surface area contributed by atoms with E-state index in [4.69, 9.17) is 0 Å². The van der Waals surface area contributed by atoms with Crippen molar-refractivity contribution in [1.82, 2.24) is 9.88 Å². The number of hydrogen-bond donors (Lipinski definition) is 2. The zero-order valence-corrected chi connectivity index (χ0v) is 18.9. The molecule has 3 amide bonds. The van der Waals surface area contributed by atoms with Gasteiger partial charge in [0.25, 0.3) is 0 Å². The highest BCUT2D eigenvalue weighted by Crippen LogP contribution is 2.35. The molecule has 0 saturated carbocycles. The van der Waals surface area contributed by atoms with E-state index < -0.39 is 6.03 Å². The molecule has 0 spiro atoms. The number of imide groups is 1. The predicted octanol–water partition coefficient (Wildman–Crippen LogP) is 5.73. The second-order valence-corrected chi connectivity index (χ2v) is 8.53. The number of nitrogens with one attached hydrogen (secondary N) is 2. The Hall–Kier alpha value is -3.12. The van der Waals surface area contributed by atoms with Crippen LogP contribution in [0.15, 0.2) is 54.7 Å². The van der Waals surface area contributed by atoms with Crippen LogP contribution in [0.2, 0.25) is 0 Å². The molecule has 6 nitrogen and oxygen atoms in total. The first kappa shape index (κ1) is 22.1. The highest BCUT2D eigenvalue weighted by Gasteiger charge is 2.26. The van der Waals surface area contributed by atoms with Gasteiger partial charge in [-0.3, -0.25) is 4.79 Å². The van der Waals surface area contributed by atoms with Crippen LogP contribution in [0.4, 0.5) is 16.2 Å². The number of anilines is 2. The molecule has 1 aliphatic heterocycles. The van der Waals surface area contributed by atoms with E-state index in [0.29, 0.717) is 29.7 Å². The van der Waals surface area contributed by atoms with E-state index in [0.717, 1.165) is 41.7 Å². The number of aromatic nitrogens is 1. The van der Waals surface area contributed by atoms with Crippen molar-refractivity contribution in [1.29, 1.82) is 0 Å². The molecule has 1 fully saturated rings. The van der Waals surface area contributed by atoms with E-state index >= 15 is 0 Å². The third-order valence-electron chi connectivity index (χ3n) is 6.75. The van der Waals surface area contributed by atoms with Crippen LogP contribution in [0.5, 0.6) is 0 Å². The van der Waals surface area contributed by atoms with Crippen LogP contribution in [0, 0.1) is 0 Å². The number of rotatable bonds is 7. The molecule has 6 heteroatoms. The van der Waals surface area contributed by atoms with Gasteiger partial charge in [-0.1, -0.05) is 32.0 Å². The molecule has 0 unspecified atom stereocenters. The molecule has 1 aliphatic rings. The second-order valence-electron chi connectivity index (χ2n) is 8.53. The van der Waals surface area contributed by atoms with E-state index in [-0.39, 0.29) is 0 Å². The van der Waals surface area contributed by atoms with Crippen LogP contribution in [-0.4, -0.2) is 41.5 Å². The van der Waals surface area contributed by atoms with Crippen LogP contribution in [-0.2, 0) is 4.79 Å². The van der Waals surface area contributed by atoms with Gasteiger partial charge in [0.15, 0.2) is 0 Å². The van der Waals surface area contributed by atoms with Crippen molar-refractivity contribution in [3.63, 3.8) is 0 Å². The highest BCUT2D eigenvalue weighted by molar-refractivity contribution is 6.12. The summed E-state index contributed by atoms with van der Waals surface area (Å²) in [4.78, 5) is 31.4. The number of piperidine rings is 1. The normalized spacial score (nSPS) is 15.2. The maximum atomic E-state index is 12.7. The fraction of sp³-hybridized carbons (Fsp3) is 0.385. The summed E-state index contributed by atoms with van der Waals surface area (Å²) in [6, 6.07) is 15.0. The molecule has 2 heterocycles. The lowest BCUT2D eigenvalue weighted by atomic mass is 9.88. The summed E-state index contributed by atoms with van der Waals surface area (Å²) in [6.07, 6.45) is 7.37. The van der Waals surface area contributed by atoms with Crippen molar-refractivity contribution in [2.24, 2.45) is 0 Å². The van der Waals surface area contributed by atoms with E-state index in [2.05, 4.69) is 35.2 Å². The van der Waals surface area contributed by atoms with E-state index in [1.807, 2.05) is 24.3 Å². The average molecular weight is 433 g/mol. The van der Waals surface area contributed by atoms with Gasteiger partial charge < -0.3 is 15.2 Å². The number of H-pyrrole nitrogens is 1. The maximum absolute atomic E-state index is 12.7. The predicted molar refractivity (Wildman–Crippen MR) is 130 cm³/mol. The first-order valence-electron chi connectivity index (χ1n) is 11.6. The Morgan fingerprint density at radius 2 is 1.88 bits per heavy atom. The van der Waals surface area contributed by atoms with Crippen LogP contribution < -0.4 is 10.2 Å². The van der Waals surface area contributed by atoms with Crippen molar-refractivity contribution in [3.8, 4) is 0 Å². The van der Waals surface area contributed by atoms with Crippen LogP contribution in [0.25, 0.3) is 10.9 Å². The van der Waals surface area contributed by atoms with Gasteiger partial charge in [-0.15, -0.1) is 0 Å². The Morgan fingerprint density at radius 3 is 2.53 bits per heavy atom. The topological polar surface area (TPSA) is 68.4 Å². The molecule has 3 aromatic rings. The summed E-state index contributed by atoms with van der Waals surface area (Å²) in [7, 11) is 0. The lowest BCUT2D eigenvalue weighted by molar-refractivity contribution is -0.106. The number of nitrogens with zero attached hydrogens (tertiary/aromatic N) is 2. The fourth-order valence-corrected chi connectivity index (χ4v) is 4.94. The maximum Gasteiger partial charge on any atom is 0.332 e. The zero-order chi connectivity index (χ0) is 22.5. The molecule has 0 bridgehead atoms. The number of para-hydroxylation sites is 1. The van der Waals surface area contributed by atoms with Crippen LogP contribution in [0.3, 0.4) is 0 Å². The fourth-order valence-electron chi connectivity index (χ4n) is 4.94. The van der Waals surface area contributed by atoms with Crippen molar-refractivity contribution >= 4 is 34.7 Å². The number of fused-ring (bicyclic) bond motifs is 1. The van der Waals surface area contributed by atoms with Crippen LogP contribution >= 0.6 is 0 Å². The molecule has 1 aromatic heterocycles. The van der Waals surface area contributed by atoms with Gasteiger partial charge in [-0.25, -0.2) is 9.69 Å². The Labute approximate surface area is 189 Å². The minimum atomic E-state index is -0.471. The van der Waals surface area contributed by atoms with Gasteiger partial charge in [-0.2, -0.15) is 0 Å². The van der Waals surface area contributed by atoms with Gasteiger partial charge in [0, 0.05) is 28.8 Å². The van der Waals surface area contributed by atoms with Gasteiger partial charge >= 0.3 is 6.03 Å². The minimum Gasteiger partial charge on any atom is -0.361 e. The number of carbonyl (C=O) groups is 2. The van der Waals surface area contributed by atoms with E-state index in [1.165, 1.54) is 18.4 Å². The number of aromatic amines is 1. The van der Waals surface area contributed by atoms with E-state index in [9.17, 15) is 9.59 Å². The Kier molecular flexibility index (Phi) is 6.90. The number of carbonyl (C=O) groups excluding carboxylic acids is 2. The molecule has 2 aromatic carbocycles. The molecule has 2 N–H and O–H groups in total. The Bertz CT molecular complexity index is 1050. The molecular weight excluding hydrogens is 400 g/mol. The lowest BCUT2D eigenvalue weighted by Crippen LogP contribution is -2.40. The monoisotopic (exact) mass is 432 g/mol. The van der Waals surface area contributed by atoms with Gasteiger partial charge in [0.1, 0.15) is 0 Å². The smallest absolute Gasteiger partial charge is 0.332 e. The molecule has 168 valence electrons. The number of benzene rings is 2. The van der Waals surface area contributed by atoms with Crippen molar-refractivity contribution < 1.29 is 9.59 Å². The lowest BCUT2D eigenvalue weighted by Gasteiger charge is -2.37. The summed E-state index contributed by atoms with van der Waals surface area (Å²) in [6.45, 7) is 6.81. The summed E-state index contributed by atoms with van der Waals surface area (Å²) in [5.41, 5.74) is 3.60. The molecule has 0 radical (unpaired) electrons. The SMILES string of the molecule is CCC(CC)N1CCC(c2c[nH]c3ccc(NC(=O)N(C=O)c4ccccc4)cc23)CC1. The Morgan fingerprint density at radius 1 is 1.16 bits per heavy atom. The first-order valence-corrected chi connectivity index (χ1v) is 11.6. The first-order chi connectivity index (χ1) is 15.6. The van der Waals surface area contributed by atoms with Gasteiger partial charge in [-0.05, 0) is 80.6 Å². The zero-order valence-electron chi connectivity index (χ0n) is 18.9. The Balaban J connectivity index is 1.50. The molecule has 4 rings (SSSR count). The third kappa shape index (κ3) is 4.55. The number of urea groups is 1. The quantitative estimate of drug-likeness (QED) is 0.469. The second kappa shape index (κ2) is 10.0. The van der Waals surface area contributed by atoms with Gasteiger partial charge in [0.05, 0.1) is 5.69 Å². The summed E-state index contributed by atoms with van der Waals surface area (Å²) < 4.78 is 0. The van der Waals surface area contributed by atoms with Gasteiger partial charge in [0.2, 0.25) is 6.41 Å². The molecule has 0 aliphatic carbocycles. The number of likely N-dealkylation sites (tertiary alicyclic amines) is 1. The molecule has 32 heavy (non-hydrogen) atoms. The van der Waals surface area contributed by atoms with Crippen LogP contribution in [0.1, 0.15) is 51.0 Å². The minimum absolute atomic E-state index is 0.471. The standard InChI is InChI=1S/C26H32N4O2/c1-3-21(4-2)29-14-12-19(13-15-29)24-17-27-25-11-10-20(16-23(24)25)28-26(32)30(18-31)22-8-6-5-7-9-22/h5-11,16-19,21,27H,3-4,12-15H2,1-2H3,(H,28,32). The third-order valence-corrected chi connectivity index (χ3v) is 6.75. The van der Waals surface area contributed by atoms with Crippen molar-refractivity contribution in [3.05, 3.63) is 60.3 Å². The average Bonchev–Trinajstić information content (AvgIpc) is 3.25. The molecular formula is C26H32N4O2. The largest absolute Gasteiger partial charge is 0.361 e. The molecule has 1 saturated heterocycles. The van der Waals surface area contributed by atoms with Crippen molar-refractivity contribution in [2.45, 2.75) is 51.5 Å². The van der Waals surface area contributed by atoms with Crippen molar-refractivity contribution in [2.75, 3.05) is 23.3 Å². The molecule has 0 atom stereocenters. The highest BCUT2D eigenvalue weighted by atomic mass is 16.2. The summed E-state index contributed by atoms with van der Waals surface area (Å²) in [5.74, 6) is 0.510. The number of amides is 3. The summed E-state index contributed by atoms with van der Waals surface area (Å²) >= 11 is 0. The number of hydrogen-bond acceptors (Lipinski definition) is 3. The summed E-state index contributed by atoms with van der Waals surface area (Å²) in [5, 5.41) is 4.01. The van der Waals surface area contributed by atoms with E-state index in [1.54, 1.807) is 24.3 Å².